The van der Waals surface area contributed by atoms with Crippen LogP contribution in [0.3, 0.4) is 0 Å². The summed E-state index contributed by atoms with van der Waals surface area (Å²) in [6.07, 6.45) is 0. The molecule has 0 amide bonds. The standard InChI is InChI=1S/2C7H8O.Ca/c2*1-6-4-2-3-5-7(6)8;/h2*2-5,8H,1H3;/q;;+2/p-2. The Labute approximate surface area is 132 Å². The van der Waals surface area contributed by atoms with E-state index in [4.69, 9.17) is 0 Å². The van der Waals surface area contributed by atoms with E-state index in [0.29, 0.717) is 0 Å². The monoisotopic (exact) mass is 254 g/mol. The van der Waals surface area contributed by atoms with Crippen molar-refractivity contribution in [1.82, 2.24) is 0 Å². The summed E-state index contributed by atoms with van der Waals surface area (Å²) in [5.74, 6) is 0.236. The average molecular weight is 254 g/mol. The van der Waals surface area contributed by atoms with Crippen LogP contribution in [-0.2, 0) is 0 Å². The van der Waals surface area contributed by atoms with E-state index in [0.717, 1.165) is 11.1 Å². The van der Waals surface area contributed by atoms with Crippen LogP contribution in [0.25, 0.3) is 0 Å². The molecule has 84 valence electrons. The Balaban J connectivity index is 0.000000284. The summed E-state index contributed by atoms with van der Waals surface area (Å²) in [5.41, 5.74) is 1.63. The van der Waals surface area contributed by atoms with Crippen molar-refractivity contribution in [3.63, 3.8) is 0 Å². The number of hydrogen-bond acceptors (Lipinski definition) is 2. The van der Waals surface area contributed by atoms with E-state index in [1.165, 1.54) is 0 Å². The van der Waals surface area contributed by atoms with Crippen molar-refractivity contribution in [3.05, 3.63) is 59.7 Å². The average Bonchev–Trinajstić information content (AvgIpc) is 2.28. The minimum Gasteiger partial charge on any atom is -0.872 e. The molecule has 2 rings (SSSR count). The van der Waals surface area contributed by atoms with Gasteiger partial charge in [-0.1, -0.05) is 59.7 Å². The molecule has 0 radical (unpaired) electrons. The predicted molar refractivity (Wildman–Crippen MR) is 67.0 cm³/mol. The Morgan fingerprint density at radius 2 is 0.941 bits per heavy atom. The zero-order chi connectivity index (χ0) is 12.0. The van der Waals surface area contributed by atoms with E-state index in [2.05, 4.69) is 0 Å². The van der Waals surface area contributed by atoms with Crippen molar-refractivity contribution < 1.29 is 10.2 Å². The third kappa shape index (κ3) is 5.97. The first kappa shape index (κ1) is 16.3. The van der Waals surface area contributed by atoms with Gasteiger partial charge in [0.05, 0.1) is 0 Å². The summed E-state index contributed by atoms with van der Waals surface area (Å²) in [7, 11) is 0. The molecule has 0 spiro atoms. The number of aryl methyl sites for hydroxylation is 2. The second-order valence-electron chi connectivity index (χ2n) is 3.53. The van der Waals surface area contributed by atoms with Crippen molar-refractivity contribution in [2.75, 3.05) is 0 Å². The summed E-state index contributed by atoms with van der Waals surface area (Å²) in [5, 5.41) is 21.2. The van der Waals surface area contributed by atoms with Crippen molar-refractivity contribution in [3.8, 4) is 11.5 Å². The molecule has 2 nitrogen and oxygen atoms in total. The van der Waals surface area contributed by atoms with Gasteiger partial charge in [0.25, 0.3) is 0 Å². The van der Waals surface area contributed by atoms with Crippen LogP contribution in [0.2, 0.25) is 0 Å². The molecule has 0 heterocycles. The molecule has 3 heteroatoms. The maximum Gasteiger partial charge on any atom is 2.00 e. The molecule has 0 N–H and O–H groups in total. The molecule has 0 aromatic heterocycles. The molecule has 0 aliphatic carbocycles. The van der Waals surface area contributed by atoms with Crippen LogP contribution in [0.4, 0.5) is 0 Å². The first-order valence-electron chi connectivity index (χ1n) is 5.06. The largest absolute Gasteiger partial charge is 2.00 e. The maximum absolute atomic E-state index is 10.6. The van der Waals surface area contributed by atoms with Crippen LogP contribution in [-0.4, -0.2) is 37.7 Å². The molecule has 0 saturated heterocycles. The van der Waals surface area contributed by atoms with Crippen molar-refractivity contribution in [2.24, 2.45) is 0 Å². The van der Waals surface area contributed by atoms with Crippen LogP contribution in [0, 0.1) is 13.8 Å². The normalized spacial score (nSPS) is 8.59. The first-order valence-corrected chi connectivity index (χ1v) is 5.06. The van der Waals surface area contributed by atoms with Gasteiger partial charge in [-0.15, -0.1) is 11.5 Å². The van der Waals surface area contributed by atoms with Gasteiger partial charge in [-0.3, -0.25) is 0 Å². The molecule has 17 heavy (non-hydrogen) atoms. The van der Waals surface area contributed by atoms with Gasteiger partial charge in [-0.25, -0.2) is 0 Å². The zero-order valence-corrected chi connectivity index (χ0v) is 12.4. The molecule has 0 saturated carbocycles. The van der Waals surface area contributed by atoms with E-state index in [1.807, 2.05) is 38.1 Å². The second kappa shape index (κ2) is 8.40. The van der Waals surface area contributed by atoms with Gasteiger partial charge < -0.3 is 10.2 Å². The summed E-state index contributed by atoms with van der Waals surface area (Å²) >= 11 is 0. The Kier molecular flexibility index (Phi) is 8.05. The molecule has 0 atom stereocenters. The molecule has 0 unspecified atom stereocenters. The molecule has 0 fully saturated rings. The predicted octanol–water partition coefficient (Wildman–Crippen LogP) is 1.76. The van der Waals surface area contributed by atoms with Gasteiger partial charge in [0.15, 0.2) is 0 Å². The van der Waals surface area contributed by atoms with Crippen LogP contribution in [0.5, 0.6) is 11.5 Å². The van der Waals surface area contributed by atoms with Crippen LogP contribution in [0.15, 0.2) is 48.5 Å². The molecular formula is C14H14CaO2. The smallest absolute Gasteiger partial charge is 0.872 e. The SMILES string of the molecule is Cc1ccccc1[O-].Cc1ccccc1[O-].[Ca+2]. The third-order valence-electron chi connectivity index (χ3n) is 2.19. The van der Waals surface area contributed by atoms with E-state index in [1.54, 1.807) is 24.3 Å². The third-order valence-corrected chi connectivity index (χ3v) is 2.19. The molecule has 0 aliphatic rings. The van der Waals surface area contributed by atoms with E-state index < -0.39 is 0 Å². The summed E-state index contributed by atoms with van der Waals surface area (Å²) in [6.45, 7) is 3.62. The fourth-order valence-electron chi connectivity index (χ4n) is 1.11. The van der Waals surface area contributed by atoms with Gasteiger partial charge in [0.1, 0.15) is 0 Å². The molecule has 2 aromatic carbocycles. The van der Waals surface area contributed by atoms with E-state index >= 15 is 0 Å². The maximum atomic E-state index is 10.6. The number of benzene rings is 2. The van der Waals surface area contributed by atoms with Crippen molar-refractivity contribution in [1.29, 1.82) is 0 Å². The minimum absolute atomic E-state index is 0. The first-order chi connectivity index (χ1) is 7.61. The van der Waals surface area contributed by atoms with Crippen LogP contribution < -0.4 is 10.2 Å². The molecule has 0 bridgehead atoms. The van der Waals surface area contributed by atoms with Crippen LogP contribution in [0.1, 0.15) is 11.1 Å². The Morgan fingerprint density at radius 3 is 1.12 bits per heavy atom. The van der Waals surface area contributed by atoms with E-state index in [-0.39, 0.29) is 49.2 Å². The van der Waals surface area contributed by atoms with Crippen molar-refractivity contribution >= 4 is 37.7 Å². The quantitative estimate of drug-likeness (QED) is 0.672. The Hall–Kier alpha value is -0.700. The summed E-state index contributed by atoms with van der Waals surface area (Å²) in [6, 6.07) is 14.0. The van der Waals surface area contributed by atoms with Gasteiger partial charge in [-0.2, -0.15) is 0 Å². The van der Waals surface area contributed by atoms with Crippen molar-refractivity contribution in [2.45, 2.75) is 13.8 Å². The van der Waals surface area contributed by atoms with Gasteiger partial charge >= 0.3 is 37.7 Å². The molecule has 2 aromatic rings. The number of hydrogen-bond donors (Lipinski definition) is 0. The number of para-hydroxylation sites is 2. The fourth-order valence-corrected chi connectivity index (χ4v) is 1.11. The topological polar surface area (TPSA) is 46.1 Å². The second-order valence-corrected chi connectivity index (χ2v) is 3.53. The Morgan fingerprint density at radius 1 is 0.647 bits per heavy atom. The molecular weight excluding hydrogens is 240 g/mol. The van der Waals surface area contributed by atoms with Gasteiger partial charge in [-0.05, 0) is 13.8 Å². The molecule has 0 aliphatic heterocycles. The van der Waals surface area contributed by atoms with E-state index in [9.17, 15) is 10.2 Å². The fraction of sp³-hybridized carbons (Fsp3) is 0.143. The van der Waals surface area contributed by atoms with Crippen LogP contribution >= 0.6 is 0 Å². The summed E-state index contributed by atoms with van der Waals surface area (Å²) < 4.78 is 0. The zero-order valence-electron chi connectivity index (χ0n) is 10.1. The Bertz CT molecular complexity index is 370. The summed E-state index contributed by atoms with van der Waals surface area (Å²) in [4.78, 5) is 0. The van der Waals surface area contributed by atoms with Gasteiger partial charge in [0.2, 0.25) is 0 Å². The van der Waals surface area contributed by atoms with Gasteiger partial charge in [0, 0.05) is 0 Å². The number of rotatable bonds is 0. The minimum atomic E-state index is 0.